The number of benzene rings is 2. The SMILES string of the molecule is CC(=O)Nc1ccc([I+]c2ccc(COC=N)cc2)cc1.F[As](F)(F)(F)F.[F-]. The van der Waals surface area contributed by atoms with Crippen LogP contribution in [0.5, 0.6) is 0 Å². The molecule has 156 valence electrons. The standard InChI is InChI=1S/C16H15IN2O2.AsF5.FH/c1-12(20)19-16-8-6-15(7-9-16)17-14-4-2-13(3-5-14)10-21-11-18;2-1(3,4,5)6;/h2-9,11,18H,10H2,1H3;;1H. The van der Waals surface area contributed by atoms with E-state index in [1.165, 1.54) is 14.1 Å². The second kappa shape index (κ2) is 11.3. The Hall–Kier alpha value is -1.75. The van der Waals surface area contributed by atoms with Crippen LogP contribution in [-0.2, 0) is 16.1 Å². The molecule has 2 aromatic carbocycles. The largest absolute Gasteiger partial charge is 1.00 e. The van der Waals surface area contributed by atoms with Crippen molar-refractivity contribution < 1.29 is 52.8 Å². The molecule has 0 saturated carbocycles. The van der Waals surface area contributed by atoms with Crippen LogP contribution in [-0.4, -0.2) is 27.1 Å². The first-order valence-corrected chi connectivity index (χ1v) is 12.9. The van der Waals surface area contributed by atoms with Crippen LogP contribution in [0.2, 0.25) is 0 Å². The fourth-order valence-corrected chi connectivity index (χ4v) is 3.86. The number of carbonyl (C=O) groups is 1. The normalized spacial score (nSPS) is 11.6. The molecule has 0 unspecified atom stereocenters. The van der Waals surface area contributed by atoms with Gasteiger partial charge in [0, 0.05) is 12.6 Å². The fraction of sp³-hybridized carbons (Fsp3) is 0.125. The topological polar surface area (TPSA) is 62.2 Å². The van der Waals surface area contributed by atoms with Gasteiger partial charge in [-0.3, -0.25) is 10.2 Å². The molecule has 0 aliphatic carbocycles. The molecule has 0 aromatic heterocycles. The summed E-state index contributed by atoms with van der Waals surface area (Å²) in [5.74, 6) is -0.0554. The van der Waals surface area contributed by atoms with Gasteiger partial charge in [-0.1, -0.05) is 12.1 Å². The molecule has 0 aliphatic heterocycles. The number of anilines is 1. The Labute approximate surface area is 170 Å². The summed E-state index contributed by atoms with van der Waals surface area (Å²) in [6.07, 6.45) is 0.956. The number of halogens is 7. The van der Waals surface area contributed by atoms with Crippen molar-refractivity contribution in [2.24, 2.45) is 0 Å². The summed E-state index contributed by atoms with van der Waals surface area (Å²) in [5, 5.41) is 9.60. The van der Waals surface area contributed by atoms with E-state index in [0.29, 0.717) is 6.61 Å². The molecule has 12 heteroatoms. The number of rotatable bonds is 6. The van der Waals surface area contributed by atoms with E-state index in [1.807, 2.05) is 24.3 Å². The molecule has 4 nitrogen and oxygen atoms in total. The molecule has 0 bridgehead atoms. The Kier molecular flexibility index (Phi) is 10.6. The monoisotopic (exact) mass is 584 g/mol. The predicted octanol–water partition coefficient (Wildman–Crippen LogP) is -1.38. The summed E-state index contributed by atoms with van der Waals surface area (Å²) in [6.45, 7) is 1.94. The van der Waals surface area contributed by atoms with Crippen LogP contribution in [0.4, 0.5) is 23.0 Å². The van der Waals surface area contributed by atoms with Crippen LogP contribution in [0.1, 0.15) is 12.5 Å². The van der Waals surface area contributed by atoms with Gasteiger partial charge < -0.3 is 14.8 Å². The summed E-state index contributed by atoms with van der Waals surface area (Å²) >= 11 is -9.22. The van der Waals surface area contributed by atoms with Crippen LogP contribution < -0.4 is 31.2 Å². The van der Waals surface area contributed by atoms with E-state index in [-0.39, 0.29) is 31.8 Å². The minimum absolute atomic E-state index is 0. The first kappa shape index (κ1) is 26.2. The van der Waals surface area contributed by atoms with Gasteiger partial charge >= 0.3 is 53.3 Å². The van der Waals surface area contributed by atoms with Crippen LogP contribution in [0.25, 0.3) is 0 Å². The Morgan fingerprint density at radius 3 is 1.86 bits per heavy atom. The van der Waals surface area contributed by atoms with Crippen molar-refractivity contribution in [3.05, 3.63) is 61.2 Å². The Bertz CT molecular complexity index is 750. The third-order valence-corrected chi connectivity index (χ3v) is 5.31. The van der Waals surface area contributed by atoms with Crippen LogP contribution in [0.3, 0.4) is 0 Å². The van der Waals surface area contributed by atoms with Gasteiger partial charge in [0.15, 0.2) is 13.5 Å². The van der Waals surface area contributed by atoms with Crippen molar-refractivity contribution >= 4 is 32.8 Å². The number of hydrogen-bond donors (Lipinski definition) is 2. The third-order valence-electron chi connectivity index (χ3n) is 2.63. The van der Waals surface area contributed by atoms with Crippen molar-refractivity contribution in [2.75, 3.05) is 5.32 Å². The summed E-state index contributed by atoms with van der Waals surface area (Å²) in [5.41, 5.74) is 1.89. The van der Waals surface area contributed by atoms with Gasteiger partial charge in [-0.2, -0.15) is 0 Å². The number of hydrogen-bond acceptors (Lipinski definition) is 3. The van der Waals surface area contributed by atoms with Crippen molar-refractivity contribution in [1.29, 1.82) is 5.41 Å². The average molecular weight is 584 g/mol. The number of ether oxygens (including phenoxy) is 1. The van der Waals surface area contributed by atoms with Crippen molar-refractivity contribution in [3.63, 3.8) is 0 Å². The van der Waals surface area contributed by atoms with E-state index in [4.69, 9.17) is 10.1 Å². The van der Waals surface area contributed by atoms with Gasteiger partial charge in [0.2, 0.25) is 5.91 Å². The Morgan fingerprint density at radius 2 is 1.46 bits per heavy atom. The molecule has 0 saturated heterocycles. The number of carbonyl (C=O) groups excluding carboxylic acids is 1. The number of nitrogens with one attached hydrogen (secondary N) is 2. The van der Waals surface area contributed by atoms with E-state index >= 15 is 0 Å². The quantitative estimate of drug-likeness (QED) is 0.145. The second-order valence-corrected chi connectivity index (χ2v) is 10.7. The van der Waals surface area contributed by atoms with Crippen LogP contribution in [0, 0.1) is 12.5 Å². The summed E-state index contributed by atoms with van der Waals surface area (Å²) < 4.78 is 57.0. The van der Waals surface area contributed by atoms with Gasteiger partial charge in [-0.15, -0.1) is 0 Å². The zero-order valence-corrected chi connectivity index (χ0v) is 18.3. The Balaban J connectivity index is 0.000000910. The molecule has 0 fully saturated rings. The summed E-state index contributed by atoms with van der Waals surface area (Å²) in [4.78, 5) is 11.0. The molecule has 2 N–H and O–H groups in total. The van der Waals surface area contributed by atoms with Crippen molar-refractivity contribution in [1.82, 2.24) is 0 Å². The minimum Gasteiger partial charge on any atom is -1.00 e. The minimum atomic E-state index is -8.99. The molecule has 0 radical (unpaired) electrons. The van der Waals surface area contributed by atoms with E-state index < -0.39 is 14.8 Å². The van der Waals surface area contributed by atoms with E-state index in [0.717, 1.165) is 17.7 Å². The van der Waals surface area contributed by atoms with Crippen molar-refractivity contribution in [2.45, 2.75) is 13.5 Å². The molecule has 2 rings (SSSR count). The molecular weight excluding hydrogens is 568 g/mol. The average Bonchev–Trinajstić information content (AvgIpc) is 2.53. The van der Waals surface area contributed by atoms with Gasteiger partial charge in [-0.05, 0) is 42.0 Å². The van der Waals surface area contributed by atoms with E-state index in [9.17, 15) is 22.1 Å². The second-order valence-electron chi connectivity index (χ2n) is 4.98. The van der Waals surface area contributed by atoms with Crippen LogP contribution in [0.15, 0.2) is 48.5 Å². The molecule has 0 spiro atoms. The van der Waals surface area contributed by atoms with Crippen molar-refractivity contribution in [3.8, 4) is 0 Å². The van der Waals surface area contributed by atoms with Gasteiger partial charge in [0.05, 0.1) is 0 Å². The molecular formula is C16H16AsF6IN2O2. The predicted molar refractivity (Wildman–Crippen MR) is 89.4 cm³/mol. The summed E-state index contributed by atoms with van der Waals surface area (Å²) in [6, 6.07) is 16.3. The Morgan fingerprint density at radius 1 is 1.04 bits per heavy atom. The molecule has 2 aromatic rings. The zero-order valence-electron chi connectivity index (χ0n) is 14.3. The zero-order chi connectivity index (χ0) is 20.5. The first-order chi connectivity index (χ1) is 12.4. The molecule has 0 heterocycles. The van der Waals surface area contributed by atoms with Gasteiger partial charge in [-0.25, -0.2) is 0 Å². The molecule has 0 aliphatic rings. The summed E-state index contributed by atoms with van der Waals surface area (Å²) in [7, 11) is 0. The third kappa shape index (κ3) is 14.3. The van der Waals surface area contributed by atoms with E-state index in [1.54, 1.807) is 0 Å². The first-order valence-electron chi connectivity index (χ1n) is 7.24. The van der Waals surface area contributed by atoms with E-state index in [2.05, 4.69) is 29.6 Å². The molecule has 0 atom stereocenters. The maximum absolute atomic E-state index is 11.0. The van der Waals surface area contributed by atoms with Crippen LogP contribution >= 0.6 is 0 Å². The molecule has 28 heavy (non-hydrogen) atoms. The maximum atomic E-state index is 11.0. The smallest absolute Gasteiger partial charge is 1.00 e. The molecule has 1 amide bonds. The number of amides is 1. The van der Waals surface area contributed by atoms with Gasteiger partial charge in [0.25, 0.3) is 0 Å². The fourth-order valence-electron chi connectivity index (χ4n) is 1.71. The van der Waals surface area contributed by atoms with Gasteiger partial charge in [0.1, 0.15) is 6.61 Å². The maximum Gasteiger partial charge on any atom is -1.00 e.